The standard InChI is InChI=1S/C14H18ClF3N2O2/c1-4-8(2)12(21)20-9(3)10-5-11(15)13(19-6-10)22-7-14(16,17)18/h5-6,8-9H,4,7H2,1-3H3,(H,20,21). The first-order valence-electron chi connectivity index (χ1n) is 6.79. The van der Waals surface area contributed by atoms with E-state index in [0.717, 1.165) is 0 Å². The molecular weight excluding hydrogens is 321 g/mol. The molecule has 0 aliphatic rings. The van der Waals surface area contributed by atoms with Crippen molar-refractivity contribution >= 4 is 17.5 Å². The average Bonchev–Trinajstić information content (AvgIpc) is 2.43. The summed E-state index contributed by atoms with van der Waals surface area (Å²) in [6.45, 7) is 3.99. The highest BCUT2D eigenvalue weighted by atomic mass is 35.5. The van der Waals surface area contributed by atoms with E-state index >= 15 is 0 Å². The monoisotopic (exact) mass is 338 g/mol. The summed E-state index contributed by atoms with van der Waals surface area (Å²) in [6, 6.07) is 1.07. The molecule has 0 radical (unpaired) electrons. The fraction of sp³-hybridized carbons (Fsp3) is 0.571. The number of rotatable bonds is 6. The van der Waals surface area contributed by atoms with Crippen LogP contribution in [-0.2, 0) is 4.79 Å². The highest BCUT2D eigenvalue weighted by Gasteiger charge is 2.29. The van der Waals surface area contributed by atoms with Gasteiger partial charge in [-0.15, -0.1) is 0 Å². The van der Waals surface area contributed by atoms with E-state index in [0.29, 0.717) is 12.0 Å². The Morgan fingerprint density at radius 3 is 2.59 bits per heavy atom. The maximum absolute atomic E-state index is 12.1. The van der Waals surface area contributed by atoms with Gasteiger partial charge in [0.2, 0.25) is 11.8 Å². The number of nitrogens with zero attached hydrogens (tertiary/aromatic N) is 1. The highest BCUT2D eigenvalue weighted by molar-refractivity contribution is 6.31. The number of nitrogens with one attached hydrogen (secondary N) is 1. The van der Waals surface area contributed by atoms with Gasteiger partial charge in [0, 0.05) is 12.1 Å². The summed E-state index contributed by atoms with van der Waals surface area (Å²) >= 11 is 5.86. The van der Waals surface area contributed by atoms with Crippen LogP contribution in [-0.4, -0.2) is 23.7 Å². The van der Waals surface area contributed by atoms with E-state index in [2.05, 4.69) is 15.0 Å². The first-order chi connectivity index (χ1) is 10.1. The number of hydrogen-bond donors (Lipinski definition) is 1. The molecule has 0 saturated carbocycles. The van der Waals surface area contributed by atoms with Gasteiger partial charge in [-0.05, 0) is 25.0 Å². The normalized spacial score (nSPS) is 14.3. The van der Waals surface area contributed by atoms with E-state index in [1.807, 2.05) is 6.92 Å². The summed E-state index contributed by atoms with van der Waals surface area (Å²) in [4.78, 5) is 15.6. The number of amides is 1. The van der Waals surface area contributed by atoms with Crippen LogP contribution < -0.4 is 10.1 Å². The van der Waals surface area contributed by atoms with Crippen molar-refractivity contribution in [1.29, 1.82) is 0 Å². The molecule has 1 N–H and O–H groups in total. The molecule has 0 aliphatic carbocycles. The summed E-state index contributed by atoms with van der Waals surface area (Å²) in [7, 11) is 0. The van der Waals surface area contributed by atoms with Crippen molar-refractivity contribution in [3.63, 3.8) is 0 Å². The van der Waals surface area contributed by atoms with Crippen LogP contribution >= 0.6 is 11.6 Å². The van der Waals surface area contributed by atoms with Crippen molar-refractivity contribution in [2.24, 2.45) is 5.92 Å². The van der Waals surface area contributed by atoms with Crippen molar-refractivity contribution in [3.8, 4) is 5.88 Å². The predicted molar refractivity (Wildman–Crippen MR) is 76.8 cm³/mol. The van der Waals surface area contributed by atoms with Gasteiger partial charge in [0.15, 0.2) is 6.61 Å². The number of ether oxygens (including phenoxy) is 1. The van der Waals surface area contributed by atoms with Gasteiger partial charge in [-0.25, -0.2) is 4.98 Å². The maximum atomic E-state index is 12.1. The lowest BCUT2D eigenvalue weighted by Gasteiger charge is -2.18. The molecule has 124 valence electrons. The summed E-state index contributed by atoms with van der Waals surface area (Å²) in [5.41, 5.74) is 0.584. The summed E-state index contributed by atoms with van der Waals surface area (Å²) in [6.07, 6.45) is -2.41. The van der Waals surface area contributed by atoms with Crippen LogP contribution in [0.25, 0.3) is 0 Å². The minimum Gasteiger partial charge on any atom is -0.467 e. The van der Waals surface area contributed by atoms with Gasteiger partial charge in [-0.2, -0.15) is 13.2 Å². The molecule has 2 atom stereocenters. The van der Waals surface area contributed by atoms with E-state index in [1.165, 1.54) is 12.3 Å². The zero-order valence-electron chi connectivity index (χ0n) is 12.5. The molecule has 0 aliphatic heterocycles. The van der Waals surface area contributed by atoms with Crippen molar-refractivity contribution in [3.05, 3.63) is 22.8 Å². The number of carbonyl (C=O) groups excluding carboxylic acids is 1. The van der Waals surface area contributed by atoms with Gasteiger partial charge in [0.25, 0.3) is 0 Å². The maximum Gasteiger partial charge on any atom is 0.422 e. The third kappa shape index (κ3) is 5.71. The second-order valence-corrected chi connectivity index (χ2v) is 5.41. The lowest BCUT2D eigenvalue weighted by Crippen LogP contribution is -2.31. The van der Waals surface area contributed by atoms with Gasteiger partial charge in [0.1, 0.15) is 5.02 Å². The molecule has 0 aromatic carbocycles. The molecule has 4 nitrogen and oxygen atoms in total. The molecule has 8 heteroatoms. The Bertz CT molecular complexity index is 523. The first-order valence-corrected chi connectivity index (χ1v) is 7.17. The van der Waals surface area contributed by atoms with Crippen LogP contribution in [0.5, 0.6) is 5.88 Å². The third-order valence-corrected chi connectivity index (χ3v) is 3.39. The lowest BCUT2D eigenvalue weighted by atomic mass is 10.1. The smallest absolute Gasteiger partial charge is 0.422 e. The quantitative estimate of drug-likeness (QED) is 0.856. The van der Waals surface area contributed by atoms with E-state index in [-0.39, 0.29) is 28.8 Å². The van der Waals surface area contributed by atoms with Gasteiger partial charge in [0.05, 0.1) is 6.04 Å². The van der Waals surface area contributed by atoms with Crippen molar-refractivity contribution in [2.45, 2.75) is 39.4 Å². The average molecular weight is 339 g/mol. The second kappa shape index (κ2) is 7.67. The van der Waals surface area contributed by atoms with Gasteiger partial charge in [-0.1, -0.05) is 25.4 Å². The van der Waals surface area contributed by atoms with Gasteiger partial charge in [-0.3, -0.25) is 4.79 Å². The fourth-order valence-corrected chi connectivity index (χ4v) is 1.79. The topological polar surface area (TPSA) is 51.2 Å². The Morgan fingerprint density at radius 2 is 2.09 bits per heavy atom. The largest absolute Gasteiger partial charge is 0.467 e. The van der Waals surface area contributed by atoms with E-state index in [9.17, 15) is 18.0 Å². The Morgan fingerprint density at radius 1 is 1.45 bits per heavy atom. The first kappa shape index (κ1) is 18.5. The number of pyridine rings is 1. The van der Waals surface area contributed by atoms with Gasteiger partial charge < -0.3 is 10.1 Å². The molecule has 22 heavy (non-hydrogen) atoms. The van der Waals surface area contributed by atoms with E-state index in [1.54, 1.807) is 13.8 Å². The van der Waals surface area contributed by atoms with Crippen molar-refractivity contribution in [1.82, 2.24) is 10.3 Å². The Labute approximate surface area is 132 Å². The Hall–Kier alpha value is -1.50. The van der Waals surface area contributed by atoms with Gasteiger partial charge >= 0.3 is 6.18 Å². The Balaban J connectivity index is 2.74. The zero-order chi connectivity index (χ0) is 16.9. The van der Waals surface area contributed by atoms with Crippen LogP contribution in [0, 0.1) is 5.92 Å². The number of hydrogen-bond acceptors (Lipinski definition) is 3. The zero-order valence-corrected chi connectivity index (χ0v) is 13.3. The number of alkyl halides is 3. The molecule has 0 fully saturated rings. The van der Waals surface area contributed by atoms with Crippen LogP contribution in [0.3, 0.4) is 0 Å². The predicted octanol–water partition coefficient (Wildman–Crippen LogP) is 3.90. The van der Waals surface area contributed by atoms with Crippen molar-refractivity contribution in [2.75, 3.05) is 6.61 Å². The van der Waals surface area contributed by atoms with Crippen LogP contribution in [0.1, 0.15) is 38.8 Å². The molecule has 1 rings (SSSR count). The summed E-state index contributed by atoms with van der Waals surface area (Å²) in [5.74, 6) is -0.521. The molecule has 1 aromatic rings. The SMILES string of the molecule is CCC(C)C(=O)NC(C)c1cnc(OCC(F)(F)F)c(Cl)c1. The molecule has 1 heterocycles. The lowest BCUT2D eigenvalue weighted by molar-refractivity contribution is -0.154. The molecule has 0 bridgehead atoms. The highest BCUT2D eigenvalue weighted by Crippen LogP contribution is 2.27. The molecule has 0 spiro atoms. The second-order valence-electron chi connectivity index (χ2n) is 5.00. The molecule has 1 aromatic heterocycles. The fourth-order valence-electron chi connectivity index (χ4n) is 1.56. The van der Waals surface area contributed by atoms with Crippen LogP contribution in [0.2, 0.25) is 5.02 Å². The Kier molecular flexibility index (Phi) is 6.47. The molecule has 2 unspecified atom stereocenters. The summed E-state index contributed by atoms with van der Waals surface area (Å²) in [5, 5.41) is 2.76. The number of halogens is 4. The van der Waals surface area contributed by atoms with E-state index < -0.39 is 12.8 Å². The van der Waals surface area contributed by atoms with Crippen LogP contribution in [0.15, 0.2) is 12.3 Å². The minimum absolute atomic E-state index is 0.0358. The molecule has 1 amide bonds. The number of carbonyl (C=O) groups is 1. The van der Waals surface area contributed by atoms with E-state index in [4.69, 9.17) is 11.6 Å². The summed E-state index contributed by atoms with van der Waals surface area (Å²) < 4.78 is 40.8. The minimum atomic E-state index is -4.46. The van der Waals surface area contributed by atoms with Crippen molar-refractivity contribution < 1.29 is 22.7 Å². The third-order valence-electron chi connectivity index (χ3n) is 3.12. The molecule has 0 saturated heterocycles. The van der Waals surface area contributed by atoms with Crippen LogP contribution in [0.4, 0.5) is 13.2 Å². The number of aromatic nitrogens is 1. The molecular formula is C14H18ClF3N2O2.